The van der Waals surface area contributed by atoms with Gasteiger partial charge in [0.25, 0.3) is 0 Å². The number of aromatic nitrogens is 3. The van der Waals surface area contributed by atoms with Crippen molar-refractivity contribution in [2.45, 2.75) is 19.3 Å². The van der Waals surface area contributed by atoms with E-state index >= 15 is 0 Å². The average molecular weight is 418 g/mol. The van der Waals surface area contributed by atoms with Crippen molar-refractivity contribution in [3.05, 3.63) is 77.2 Å². The fourth-order valence-electron chi connectivity index (χ4n) is 2.62. The summed E-state index contributed by atoms with van der Waals surface area (Å²) in [4.78, 5) is 36.8. The Morgan fingerprint density at radius 1 is 1.23 bits per heavy atom. The maximum atomic E-state index is 12.5. The molecule has 1 atom stereocenters. The molecule has 3 aromatic rings. The van der Waals surface area contributed by atoms with E-state index in [0.717, 1.165) is 34.2 Å². The van der Waals surface area contributed by atoms with Crippen LogP contribution in [0, 0.1) is 11.3 Å². The lowest BCUT2D eigenvalue weighted by molar-refractivity contribution is -0.117. The molecular formula is C21H18N6O2S. The van der Waals surface area contributed by atoms with Gasteiger partial charge in [0, 0.05) is 6.42 Å². The first kappa shape index (κ1) is 20.8. The van der Waals surface area contributed by atoms with E-state index in [-0.39, 0.29) is 11.8 Å². The topological polar surface area (TPSA) is 121 Å². The number of hydrogen-bond acceptors (Lipinski definition) is 7. The standard InChI is InChI=1S/C21H18N6O2S/c1-3-19(28)26-18-12-23-16(10-24-18)8-14-5-4-6-15(7-14)13(2)20(29)27-21-25-11-17(9-22)30-21/h3-7,10-13H,1,8H2,2H3,(H,24,26,28)(H,25,27,29)/t13-/m0/s1. The maximum absolute atomic E-state index is 12.5. The summed E-state index contributed by atoms with van der Waals surface area (Å²) in [7, 11) is 0. The van der Waals surface area contributed by atoms with Crippen molar-refractivity contribution < 1.29 is 9.59 Å². The number of benzene rings is 1. The Bertz CT molecular complexity index is 1120. The summed E-state index contributed by atoms with van der Waals surface area (Å²) < 4.78 is 0. The van der Waals surface area contributed by atoms with Gasteiger partial charge in [0.2, 0.25) is 11.8 Å². The molecule has 0 bridgehead atoms. The number of hydrogen-bond donors (Lipinski definition) is 2. The minimum Gasteiger partial charge on any atom is -0.306 e. The number of rotatable bonds is 7. The van der Waals surface area contributed by atoms with E-state index in [2.05, 4.69) is 32.2 Å². The molecule has 0 spiro atoms. The van der Waals surface area contributed by atoms with E-state index in [4.69, 9.17) is 5.26 Å². The Morgan fingerprint density at radius 2 is 2.07 bits per heavy atom. The van der Waals surface area contributed by atoms with Crippen LogP contribution >= 0.6 is 11.3 Å². The Kier molecular flexibility index (Phi) is 6.62. The number of amides is 2. The Morgan fingerprint density at radius 3 is 2.73 bits per heavy atom. The molecule has 0 fully saturated rings. The van der Waals surface area contributed by atoms with E-state index in [1.54, 1.807) is 6.20 Å². The number of anilines is 2. The van der Waals surface area contributed by atoms with Crippen LogP contribution < -0.4 is 10.6 Å². The van der Waals surface area contributed by atoms with Gasteiger partial charge in [0.1, 0.15) is 10.9 Å². The monoisotopic (exact) mass is 418 g/mol. The fourth-order valence-corrected chi connectivity index (χ4v) is 3.23. The van der Waals surface area contributed by atoms with Crippen LogP contribution in [-0.2, 0) is 16.0 Å². The van der Waals surface area contributed by atoms with Gasteiger partial charge < -0.3 is 10.6 Å². The number of nitriles is 1. The van der Waals surface area contributed by atoms with Crippen LogP contribution in [0.5, 0.6) is 0 Å². The zero-order valence-electron chi connectivity index (χ0n) is 16.1. The van der Waals surface area contributed by atoms with E-state index in [1.165, 1.54) is 12.4 Å². The molecule has 150 valence electrons. The van der Waals surface area contributed by atoms with Gasteiger partial charge in [0.05, 0.1) is 30.2 Å². The summed E-state index contributed by atoms with van der Waals surface area (Å²) in [5.74, 6) is -0.599. The van der Waals surface area contributed by atoms with Crippen LogP contribution in [0.25, 0.3) is 0 Å². The molecule has 0 aliphatic carbocycles. The highest BCUT2D eigenvalue weighted by Crippen LogP contribution is 2.22. The molecule has 1 aromatic carbocycles. The molecule has 0 saturated carbocycles. The van der Waals surface area contributed by atoms with Crippen LogP contribution in [0.2, 0.25) is 0 Å². The number of nitrogens with one attached hydrogen (secondary N) is 2. The smallest absolute Gasteiger partial charge is 0.248 e. The van der Waals surface area contributed by atoms with Crippen molar-refractivity contribution in [1.29, 1.82) is 5.26 Å². The SMILES string of the molecule is C=CC(=O)Nc1cnc(Cc2cccc([C@H](C)C(=O)Nc3ncc(C#N)s3)c2)cn1. The molecule has 3 rings (SSSR count). The third-order valence-electron chi connectivity index (χ3n) is 4.22. The first-order valence-electron chi connectivity index (χ1n) is 8.98. The summed E-state index contributed by atoms with van der Waals surface area (Å²) in [6.45, 7) is 5.20. The molecule has 0 aliphatic rings. The lowest BCUT2D eigenvalue weighted by Gasteiger charge is -2.12. The normalized spacial score (nSPS) is 11.2. The highest BCUT2D eigenvalue weighted by molar-refractivity contribution is 7.16. The van der Waals surface area contributed by atoms with Crippen LogP contribution in [0.4, 0.5) is 10.9 Å². The molecule has 0 radical (unpaired) electrons. The van der Waals surface area contributed by atoms with Gasteiger partial charge >= 0.3 is 0 Å². The zero-order chi connectivity index (χ0) is 21.5. The second-order valence-electron chi connectivity index (χ2n) is 6.36. The Balaban J connectivity index is 1.66. The van der Waals surface area contributed by atoms with E-state index in [1.807, 2.05) is 37.3 Å². The zero-order valence-corrected chi connectivity index (χ0v) is 16.9. The second-order valence-corrected chi connectivity index (χ2v) is 7.39. The molecule has 2 heterocycles. The highest BCUT2D eigenvalue weighted by Gasteiger charge is 2.17. The molecule has 0 aliphatic heterocycles. The molecule has 2 aromatic heterocycles. The van der Waals surface area contributed by atoms with Crippen molar-refractivity contribution in [2.75, 3.05) is 10.6 Å². The highest BCUT2D eigenvalue weighted by atomic mass is 32.1. The summed E-state index contributed by atoms with van der Waals surface area (Å²) >= 11 is 1.13. The van der Waals surface area contributed by atoms with Crippen LogP contribution in [0.1, 0.15) is 34.5 Å². The van der Waals surface area contributed by atoms with Crippen molar-refractivity contribution >= 4 is 34.1 Å². The number of nitrogens with zero attached hydrogens (tertiary/aromatic N) is 4. The van der Waals surface area contributed by atoms with E-state index < -0.39 is 5.92 Å². The molecule has 30 heavy (non-hydrogen) atoms. The minimum absolute atomic E-state index is 0.201. The first-order valence-corrected chi connectivity index (χ1v) is 9.80. The first-order chi connectivity index (χ1) is 14.5. The average Bonchev–Trinajstić information content (AvgIpc) is 3.22. The van der Waals surface area contributed by atoms with Gasteiger partial charge in [-0.1, -0.05) is 42.2 Å². The van der Waals surface area contributed by atoms with Crippen LogP contribution in [0.15, 0.2) is 55.5 Å². The summed E-state index contributed by atoms with van der Waals surface area (Å²) in [5, 5.41) is 14.6. The van der Waals surface area contributed by atoms with Crippen molar-refractivity contribution in [3.8, 4) is 6.07 Å². The van der Waals surface area contributed by atoms with Crippen molar-refractivity contribution in [2.24, 2.45) is 0 Å². The molecular weight excluding hydrogens is 400 g/mol. The van der Waals surface area contributed by atoms with E-state index in [0.29, 0.717) is 22.2 Å². The Hall–Kier alpha value is -3.90. The van der Waals surface area contributed by atoms with Crippen LogP contribution in [0.3, 0.4) is 0 Å². The van der Waals surface area contributed by atoms with E-state index in [9.17, 15) is 9.59 Å². The molecule has 9 heteroatoms. The summed E-state index contributed by atoms with van der Waals surface area (Å²) in [6.07, 6.45) is 6.20. The lowest BCUT2D eigenvalue weighted by Crippen LogP contribution is -2.18. The molecule has 8 nitrogen and oxygen atoms in total. The number of thiazole rings is 1. The third kappa shape index (κ3) is 5.33. The van der Waals surface area contributed by atoms with Gasteiger partial charge in [-0.05, 0) is 24.1 Å². The van der Waals surface area contributed by atoms with Crippen LogP contribution in [-0.4, -0.2) is 26.8 Å². The molecule has 0 unspecified atom stereocenters. The molecule has 0 saturated heterocycles. The van der Waals surface area contributed by atoms with Gasteiger partial charge in [-0.15, -0.1) is 0 Å². The van der Waals surface area contributed by atoms with Crippen molar-refractivity contribution in [1.82, 2.24) is 15.0 Å². The molecule has 2 amide bonds. The maximum Gasteiger partial charge on any atom is 0.248 e. The van der Waals surface area contributed by atoms with Gasteiger partial charge in [-0.3, -0.25) is 14.6 Å². The van der Waals surface area contributed by atoms with Gasteiger partial charge in [-0.2, -0.15) is 5.26 Å². The Labute approximate surface area is 177 Å². The third-order valence-corrected chi connectivity index (χ3v) is 5.03. The second kappa shape index (κ2) is 9.54. The summed E-state index contributed by atoms with van der Waals surface area (Å²) in [5.41, 5.74) is 2.56. The predicted molar refractivity (Wildman–Crippen MR) is 114 cm³/mol. The minimum atomic E-state index is -0.401. The van der Waals surface area contributed by atoms with Gasteiger partial charge in [0.15, 0.2) is 10.9 Å². The lowest BCUT2D eigenvalue weighted by atomic mass is 9.97. The summed E-state index contributed by atoms with van der Waals surface area (Å²) in [6, 6.07) is 9.66. The predicted octanol–water partition coefficient (Wildman–Crippen LogP) is 3.26. The number of carbonyl (C=O) groups excluding carboxylic acids is 2. The molecule has 2 N–H and O–H groups in total. The number of carbonyl (C=O) groups is 2. The quantitative estimate of drug-likeness (QED) is 0.568. The van der Waals surface area contributed by atoms with Gasteiger partial charge in [-0.25, -0.2) is 9.97 Å². The largest absolute Gasteiger partial charge is 0.306 e. The van der Waals surface area contributed by atoms with Crippen molar-refractivity contribution in [3.63, 3.8) is 0 Å². The fraction of sp³-hybridized carbons (Fsp3) is 0.143.